The summed E-state index contributed by atoms with van der Waals surface area (Å²) >= 11 is 1.09. The van der Waals surface area contributed by atoms with E-state index >= 15 is 0 Å². The number of fused-ring (bicyclic) bond motifs is 2. The molecule has 3 rings (SSSR count). The third kappa shape index (κ3) is 3.53. The molecule has 0 unspecified atom stereocenters. The van der Waals surface area contributed by atoms with Crippen molar-refractivity contribution in [2.24, 2.45) is 0 Å². The highest BCUT2D eigenvalue weighted by atomic mass is 32.1. The molecule has 2 aromatic rings. The molecule has 3 heterocycles. The Kier molecular flexibility index (Phi) is 4.32. The third-order valence-corrected chi connectivity index (χ3v) is 5.04. The summed E-state index contributed by atoms with van der Waals surface area (Å²) in [6.45, 7) is 6.48. The Balaban J connectivity index is 1.96. The summed E-state index contributed by atoms with van der Waals surface area (Å²) in [4.78, 5) is 30.6. The molecule has 2 aromatic heterocycles. The van der Waals surface area contributed by atoms with Gasteiger partial charge in [-0.3, -0.25) is 0 Å². The van der Waals surface area contributed by atoms with Gasteiger partial charge in [0.2, 0.25) is 0 Å². The van der Waals surface area contributed by atoms with Crippen LogP contribution in [-0.4, -0.2) is 39.2 Å². The molecule has 3 N–H and O–H groups in total. The molecular weight excluding hydrogens is 342 g/mol. The third-order valence-electron chi connectivity index (χ3n) is 3.94. The van der Waals surface area contributed by atoms with Gasteiger partial charge in [0.05, 0.1) is 12.2 Å². The number of hydrogen-bond acceptors (Lipinski definition) is 6. The predicted molar refractivity (Wildman–Crippen MR) is 96.0 cm³/mol. The van der Waals surface area contributed by atoms with Gasteiger partial charge in [-0.05, 0) is 45.2 Å². The second-order valence-electron chi connectivity index (χ2n) is 7.10. The number of aryl methyl sites for hydroxylation is 1. The van der Waals surface area contributed by atoms with Crippen molar-refractivity contribution < 1.29 is 19.4 Å². The number of aromatic carboxylic acids is 1. The van der Waals surface area contributed by atoms with Crippen LogP contribution in [0.2, 0.25) is 0 Å². The highest BCUT2D eigenvalue weighted by Gasteiger charge is 2.26. The lowest BCUT2D eigenvalue weighted by Gasteiger charge is -2.26. The van der Waals surface area contributed by atoms with E-state index in [1.165, 1.54) is 0 Å². The highest BCUT2D eigenvalue weighted by Crippen LogP contribution is 2.35. The summed E-state index contributed by atoms with van der Waals surface area (Å²) in [6, 6.07) is 1.86. The smallest absolute Gasteiger partial charge is 0.410 e. The Bertz CT molecular complexity index is 854. The van der Waals surface area contributed by atoms with Crippen LogP contribution in [0.5, 0.6) is 0 Å². The summed E-state index contributed by atoms with van der Waals surface area (Å²) in [7, 11) is 0. The number of hydrogen-bond donors (Lipinski definition) is 2. The lowest BCUT2D eigenvalue weighted by atomic mass is 10.1. The van der Waals surface area contributed by atoms with Gasteiger partial charge >= 0.3 is 12.1 Å². The summed E-state index contributed by atoms with van der Waals surface area (Å²) in [5.41, 5.74) is 7.43. The Hall–Kier alpha value is -2.35. The van der Waals surface area contributed by atoms with E-state index in [1.807, 2.05) is 26.8 Å². The van der Waals surface area contributed by atoms with E-state index in [0.717, 1.165) is 35.4 Å². The number of pyridine rings is 1. The fraction of sp³-hybridized carbons (Fsp3) is 0.471. The minimum absolute atomic E-state index is 0.103. The molecular formula is C17H21N3O4S. The fourth-order valence-electron chi connectivity index (χ4n) is 2.84. The first-order valence-electron chi connectivity index (χ1n) is 8.07. The molecule has 25 heavy (non-hydrogen) atoms. The van der Waals surface area contributed by atoms with E-state index in [-0.39, 0.29) is 16.7 Å². The molecule has 0 spiro atoms. The first kappa shape index (κ1) is 17.5. The number of nitrogens with zero attached hydrogens (tertiary/aromatic N) is 2. The first-order chi connectivity index (χ1) is 11.7. The van der Waals surface area contributed by atoms with Gasteiger partial charge < -0.3 is 20.5 Å². The van der Waals surface area contributed by atoms with Crippen molar-refractivity contribution in [1.82, 2.24) is 9.88 Å². The number of anilines is 1. The lowest BCUT2D eigenvalue weighted by molar-refractivity contribution is 0.0236. The standard InChI is InChI=1S/C17H21N3O4S/c1-17(2,3)24-16(23)20-6-4-5-11-9(8-20)7-10-12(18)13(15(21)22)25-14(10)19-11/h7H,4-6,8,18H2,1-3H3,(H,21,22). The molecule has 134 valence electrons. The molecule has 0 saturated heterocycles. The first-order valence-corrected chi connectivity index (χ1v) is 8.89. The number of nitrogen functional groups attached to an aromatic ring is 1. The number of ether oxygens (including phenoxy) is 1. The molecule has 1 amide bonds. The van der Waals surface area contributed by atoms with Crippen molar-refractivity contribution in [1.29, 1.82) is 0 Å². The molecule has 1 aliphatic heterocycles. The van der Waals surface area contributed by atoms with Crippen LogP contribution in [0.25, 0.3) is 10.2 Å². The summed E-state index contributed by atoms with van der Waals surface area (Å²) in [6.07, 6.45) is 1.15. The zero-order chi connectivity index (χ0) is 18.4. The van der Waals surface area contributed by atoms with Crippen molar-refractivity contribution in [3.8, 4) is 0 Å². The van der Waals surface area contributed by atoms with Gasteiger partial charge in [0.15, 0.2) is 0 Å². The van der Waals surface area contributed by atoms with Crippen LogP contribution in [0.15, 0.2) is 6.07 Å². The molecule has 8 heteroatoms. The van der Waals surface area contributed by atoms with Crippen molar-refractivity contribution in [3.05, 3.63) is 22.2 Å². The minimum Gasteiger partial charge on any atom is -0.477 e. The second-order valence-corrected chi connectivity index (χ2v) is 8.10. The van der Waals surface area contributed by atoms with Crippen LogP contribution >= 0.6 is 11.3 Å². The van der Waals surface area contributed by atoms with Crippen molar-refractivity contribution in [2.45, 2.75) is 45.8 Å². The number of rotatable bonds is 1. The minimum atomic E-state index is -1.05. The maximum atomic E-state index is 12.4. The summed E-state index contributed by atoms with van der Waals surface area (Å²) in [5, 5.41) is 9.86. The van der Waals surface area contributed by atoms with Gasteiger partial charge in [-0.2, -0.15) is 0 Å². The fourth-order valence-corrected chi connectivity index (χ4v) is 3.77. The average molecular weight is 363 g/mol. The molecule has 7 nitrogen and oxygen atoms in total. The number of carboxylic acids is 1. The maximum Gasteiger partial charge on any atom is 0.410 e. The number of carbonyl (C=O) groups is 2. The van der Waals surface area contributed by atoms with Crippen molar-refractivity contribution >= 4 is 39.3 Å². The molecule has 0 radical (unpaired) electrons. The zero-order valence-electron chi connectivity index (χ0n) is 14.5. The predicted octanol–water partition coefficient (Wildman–Crippen LogP) is 3.26. The Morgan fingerprint density at radius 3 is 2.76 bits per heavy atom. The molecule has 0 saturated carbocycles. The van der Waals surface area contributed by atoms with Crippen molar-refractivity contribution in [3.63, 3.8) is 0 Å². The molecule has 0 fully saturated rings. The van der Waals surface area contributed by atoms with Gasteiger partial charge in [0.1, 0.15) is 15.3 Å². The van der Waals surface area contributed by atoms with Gasteiger partial charge in [-0.25, -0.2) is 14.6 Å². The van der Waals surface area contributed by atoms with E-state index < -0.39 is 11.6 Å². The van der Waals surface area contributed by atoms with Crippen molar-refractivity contribution in [2.75, 3.05) is 12.3 Å². The molecule has 1 aliphatic rings. The molecule has 0 aromatic carbocycles. The monoisotopic (exact) mass is 363 g/mol. The van der Waals surface area contributed by atoms with Crippen LogP contribution < -0.4 is 5.73 Å². The summed E-state index contributed by atoms with van der Waals surface area (Å²) in [5.74, 6) is -1.05. The number of carboxylic acid groups (broad SMARTS) is 1. The van der Waals surface area contributed by atoms with E-state index in [0.29, 0.717) is 23.3 Å². The normalized spacial score (nSPS) is 14.9. The summed E-state index contributed by atoms with van der Waals surface area (Å²) < 4.78 is 5.46. The van der Waals surface area contributed by atoms with E-state index in [4.69, 9.17) is 10.5 Å². The number of thiophene rings is 1. The Morgan fingerprint density at radius 2 is 2.12 bits per heavy atom. The van der Waals surface area contributed by atoms with Crippen LogP contribution in [0, 0.1) is 0 Å². The lowest BCUT2D eigenvalue weighted by Crippen LogP contribution is -2.36. The quantitative estimate of drug-likeness (QED) is 0.805. The average Bonchev–Trinajstić information content (AvgIpc) is 2.68. The Labute approximate surface area is 149 Å². The molecule has 0 atom stereocenters. The van der Waals surface area contributed by atoms with Crippen LogP contribution in [0.4, 0.5) is 10.5 Å². The van der Waals surface area contributed by atoms with Gasteiger partial charge in [0.25, 0.3) is 0 Å². The SMILES string of the molecule is CC(C)(C)OC(=O)N1CCCc2nc3sc(C(=O)O)c(N)c3cc2C1. The van der Waals surface area contributed by atoms with E-state index in [1.54, 1.807) is 4.90 Å². The van der Waals surface area contributed by atoms with Crippen LogP contribution in [-0.2, 0) is 17.7 Å². The highest BCUT2D eigenvalue weighted by molar-refractivity contribution is 7.21. The molecule has 0 bridgehead atoms. The van der Waals surface area contributed by atoms with Gasteiger partial charge in [0, 0.05) is 17.6 Å². The van der Waals surface area contributed by atoms with Gasteiger partial charge in [-0.1, -0.05) is 0 Å². The number of amides is 1. The Morgan fingerprint density at radius 1 is 1.40 bits per heavy atom. The molecule has 0 aliphatic carbocycles. The van der Waals surface area contributed by atoms with Crippen LogP contribution in [0.1, 0.15) is 48.1 Å². The second kappa shape index (κ2) is 6.18. The zero-order valence-corrected chi connectivity index (χ0v) is 15.3. The van der Waals surface area contributed by atoms with E-state index in [2.05, 4.69) is 4.98 Å². The largest absolute Gasteiger partial charge is 0.477 e. The van der Waals surface area contributed by atoms with Crippen LogP contribution in [0.3, 0.4) is 0 Å². The maximum absolute atomic E-state index is 12.4. The number of carbonyl (C=O) groups excluding carboxylic acids is 1. The van der Waals surface area contributed by atoms with Gasteiger partial charge in [-0.15, -0.1) is 11.3 Å². The number of nitrogens with two attached hydrogens (primary N) is 1. The topological polar surface area (TPSA) is 106 Å². The van der Waals surface area contributed by atoms with E-state index in [9.17, 15) is 14.7 Å². The number of aromatic nitrogens is 1.